The average Bonchev–Trinajstić information content (AvgIpc) is 2.94. The van der Waals surface area contributed by atoms with Crippen molar-refractivity contribution in [1.82, 2.24) is 9.78 Å². The van der Waals surface area contributed by atoms with Gasteiger partial charge in [0.1, 0.15) is 11.5 Å². The van der Waals surface area contributed by atoms with E-state index in [1.54, 1.807) is 19.1 Å². The van der Waals surface area contributed by atoms with Gasteiger partial charge in [0.05, 0.1) is 19.9 Å². The molecule has 1 heterocycles. The molecular formula is C13H13F3N2O5S. The van der Waals surface area contributed by atoms with Crippen LogP contribution in [-0.4, -0.2) is 37.9 Å². The summed E-state index contributed by atoms with van der Waals surface area (Å²) in [4.78, 5) is 0. The molecule has 1 aromatic carbocycles. The topological polar surface area (TPSA) is 79.7 Å². The second-order valence-corrected chi connectivity index (χ2v) is 6.09. The van der Waals surface area contributed by atoms with Gasteiger partial charge in [-0.05, 0) is 6.92 Å². The highest BCUT2D eigenvalue weighted by Crippen LogP contribution is 2.31. The van der Waals surface area contributed by atoms with E-state index in [1.165, 1.54) is 20.4 Å². The van der Waals surface area contributed by atoms with Crippen molar-refractivity contribution in [3.05, 3.63) is 30.0 Å². The zero-order valence-corrected chi connectivity index (χ0v) is 13.6. The Hall–Kier alpha value is -2.43. The van der Waals surface area contributed by atoms with E-state index in [0.717, 1.165) is 10.7 Å². The van der Waals surface area contributed by atoms with E-state index in [4.69, 9.17) is 9.47 Å². The Morgan fingerprint density at radius 3 is 2.38 bits per heavy atom. The molecule has 0 aliphatic rings. The quantitative estimate of drug-likeness (QED) is 0.597. The fraction of sp³-hybridized carbons (Fsp3) is 0.308. The number of aromatic nitrogens is 2. The van der Waals surface area contributed by atoms with E-state index in [9.17, 15) is 21.6 Å². The minimum absolute atomic E-state index is 0.422. The van der Waals surface area contributed by atoms with Crippen molar-refractivity contribution in [3.8, 4) is 23.1 Å². The molecule has 0 radical (unpaired) electrons. The highest BCUT2D eigenvalue weighted by molar-refractivity contribution is 7.87. The molecule has 0 spiro atoms. The summed E-state index contributed by atoms with van der Waals surface area (Å²) in [7, 11) is -2.91. The Kier molecular flexibility index (Phi) is 4.65. The molecule has 0 aliphatic heterocycles. The number of hydrogen-bond acceptors (Lipinski definition) is 6. The van der Waals surface area contributed by atoms with Crippen molar-refractivity contribution in [2.45, 2.75) is 12.4 Å². The summed E-state index contributed by atoms with van der Waals surface area (Å²) < 4.78 is 74.4. The third-order valence-corrected chi connectivity index (χ3v) is 4.01. The molecule has 0 saturated carbocycles. The zero-order chi connectivity index (χ0) is 18.1. The minimum atomic E-state index is -5.78. The first-order valence-corrected chi connectivity index (χ1v) is 7.79. The molecule has 0 aliphatic carbocycles. The number of halogens is 3. The van der Waals surface area contributed by atoms with Gasteiger partial charge < -0.3 is 13.7 Å². The lowest BCUT2D eigenvalue weighted by atomic mass is 10.1. The maximum absolute atomic E-state index is 12.3. The lowest BCUT2D eigenvalue weighted by Crippen LogP contribution is -2.28. The monoisotopic (exact) mass is 366 g/mol. The summed E-state index contributed by atoms with van der Waals surface area (Å²) >= 11 is 0. The van der Waals surface area contributed by atoms with E-state index >= 15 is 0 Å². The third-order valence-electron chi connectivity index (χ3n) is 3.05. The first-order chi connectivity index (χ1) is 11.1. The Bertz CT molecular complexity index is 846. The van der Waals surface area contributed by atoms with Crippen LogP contribution in [0.4, 0.5) is 13.2 Å². The second-order valence-electron chi connectivity index (χ2n) is 4.56. The summed E-state index contributed by atoms with van der Waals surface area (Å²) in [5, 5.41) is 3.70. The van der Waals surface area contributed by atoms with Crippen LogP contribution in [0.15, 0.2) is 24.4 Å². The number of ether oxygens (including phenoxy) is 2. The summed E-state index contributed by atoms with van der Waals surface area (Å²) in [6.07, 6.45) is 1.25. The van der Waals surface area contributed by atoms with Crippen molar-refractivity contribution < 1.29 is 35.2 Å². The summed E-state index contributed by atoms with van der Waals surface area (Å²) in [5.74, 6) is 0.173. The van der Waals surface area contributed by atoms with Crippen LogP contribution in [0.2, 0.25) is 0 Å². The second kappa shape index (κ2) is 6.23. The van der Waals surface area contributed by atoms with Crippen molar-refractivity contribution >= 4 is 10.1 Å². The van der Waals surface area contributed by atoms with Gasteiger partial charge in [0, 0.05) is 30.0 Å². The molecule has 0 fully saturated rings. The molecule has 1 aromatic heterocycles. The number of benzene rings is 1. The Morgan fingerprint density at radius 2 is 1.83 bits per heavy atom. The molecule has 0 N–H and O–H groups in total. The maximum atomic E-state index is 12.3. The van der Waals surface area contributed by atoms with Crippen LogP contribution < -0.4 is 13.7 Å². The first kappa shape index (κ1) is 17.9. The van der Waals surface area contributed by atoms with Crippen LogP contribution in [0, 0.1) is 6.92 Å². The number of alkyl halides is 3. The average molecular weight is 366 g/mol. The van der Waals surface area contributed by atoms with Crippen LogP contribution in [0.5, 0.6) is 17.4 Å². The Labute approximate surface area is 135 Å². The van der Waals surface area contributed by atoms with Gasteiger partial charge in [0.2, 0.25) is 0 Å². The number of methoxy groups -OCH3 is 2. The van der Waals surface area contributed by atoms with E-state index < -0.39 is 21.5 Å². The zero-order valence-electron chi connectivity index (χ0n) is 12.8. The molecule has 0 amide bonds. The Morgan fingerprint density at radius 1 is 1.17 bits per heavy atom. The summed E-state index contributed by atoms with van der Waals surface area (Å²) in [5.41, 5.74) is -4.50. The van der Waals surface area contributed by atoms with Crippen LogP contribution in [0.25, 0.3) is 5.69 Å². The van der Waals surface area contributed by atoms with Gasteiger partial charge in [-0.2, -0.15) is 21.6 Å². The predicted octanol–water partition coefficient (Wildman–Crippen LogP) is 2.43. The molecule has 0 unspecified atom stereocenters. The van der Waals surface area contributed by atoms with Crippen molar-refractivity contribution in [1.29, 1.82) is 0 Å². The number of rotatable bonds is 5. The summed E-state index contributed by atoms with van der Waals surface area (Å²) in [6, 6.07) is 4.18. The van der Waals surface area contributed by atoms with Crippen molar-refractivity contribution in [2.75, 3.05) is 14.2 Å². The molecule has 0 atom stereocenters. The SMILES string of the molecule is COc1cc(OC)c(C)c(-n2ccc(OS(=O)(=O)C(F)(F)F)n2)c1. The highest BCUT2D eigenvalue weighted by atomic mass is 32.2. The minimum Gasteiger partial charge on any atom is -0.497 e. The van der Waals surface area contributed by atoms with Gasteiger partial charge >= 0.3 is 15.6 Å². The molecule has 11 heteroatoms. The van der Waals surface area contributed by atoms with Gasteiger partial charge in [-0.25, -0.2) is 4.68 Å². The van der Waals surface area contributed by atoms with Crippen LogP contribution in [0.3, 0.4) is 0 Å². The van der Waals surface area contributed by atoms with Crippen LogP contribution in [-0.2, 0) is 10.1 Å². The van der Waals surface area contributed by atoms with Gasteiger partial charge in [-0.3, -0.25) is 0 Å². The maximum Gasteiger partial charge on any atom is 0.534 e. The van der Waals surface area contributed by atoms with Crippen molar-refractivity contribution in [2.24, 2.45) is 0 Å². The molecule has 7 nitrogen and oxygen atoms in total. The molecule has 0 saturated heterocycles. The Balaban J connectivity index is 2.42. The van der Waals surface area contributed by atoms with Gasteiger partial charge in [0.15, 0.2) is 0 Å². The van der Waals surface area contributed by atoms with E-state index in [-0.39, 0.29) is 0 Å². The van der Waals surface area contributed by atoms with Crippen LogP contribution in [0.1, 0.15) is 5.56 Å². The lowest BCUT2D eigenvalue weighted by molar-refractivity contribution is -0.0501. The molecule has 132 valence electrons. The normalized spacial score (nSPS) is 12.1. The predicted molar refractivity (Wildman–Crippen MR) is 77.0 cm³/mol. The van der Waals surface area contributed by atoms with Gasteiger partial charge in [-0.15, -0.1) is 5.10 Å². The molecule has 2 aromatic rings. The largest absolute Gasteiger partial charge is 0.534 e. The molecule has 24 heavy (non-hydrogen) atoms. The lowest BCUT2D eigenvalue weighted by Gasteiger charge is -2.13. The number of hydrogen-bond donors (Lipinski definition) is 0. The van der Waals surface area contributed by atoms with E-state index in [2.05, 4.69) is 9.28 Å². The first-order valence-electron chi connectivity index (χ1n) is 6.38. The van der Waals surface area contributed by atoms with E-state index in [0.29, 0.717) is 22.7 Å². The molecule has 2 rings (SSSR count). The molecular weight excluding hydrogens is 353 g/mol. The van der Waals surface area contributed by atoms with Crippen molar-refractivity contribution in [3.63, 3.8) is 0 Å². The van der Waals surface area contributed by atoms with Crippen LogP contribution >= 0.6 is 0 Å². The summed E-state index contributed by atoms with van der Waals surface area (Å²) in [6.45, 7) is 1.70. The van der Waals surface area contributed by atoms with Gasteiger partial charge in [-0.1, -0.05) is 0 Å². The fourth-order valence-corrected chi connectivity index (χ4v) is 2.27. The fourth-order valence-electron chi connectivity index (χ4n) is 1.86. The molecule has 0 bridgehead atoms. The van der Waals surface area contributed by atoms with E-state index in [1.807, 2.05) is 0 Å². The van der Waals surface area contributed by atoms with Gasteiger partial charge in [0.25, 0.3) is 5.88 Å². The third kappa shape index (κ3) is 3.40. The highest BCUT2D eigenvalue weighted by Gasteiger charge is 2.49. The standard InChI is InChI=1S/C13H13F3N2O5S/c1-8-10(6-9(21-2)7-11(8)22-3)18-5-4-12(17-18)23-24(19,20)13(14,15)16/h4-7H,1-3H3. The smallest absolute Gasteiger partial charge is 0.497 e. The number of nitrogens with zero attached hydrogens (tertiary/aromatic N) is 2.